The molecule has 2 saturated carbocycles. The maximum Gasteiger partial charge on any atom is 0.225 e. The second-order valence-electron chi connectivity index (χ2n) is 11.4. The van der Waals surface area contributed by atoms with Crippen molar-refractivity contribution in [2.45, 2.75) is 50.0 Å². The first-order valence-corrected chi connectivity index (χ1v) is 16.2. The van der Waals surface area contributed by atoms with Crippen molar-refractivity contribution in [2.24, 2.45) is 5.92 Å². The minimum atomic E-state index is -2.96. The molecule has 0 unspecified atom stereocenters. The van der Waals surface area contributed by atoms with Gasteiger partial charge in [0, 0.05) is 42.4 Å². The number of nitrogens with one attached hydrogen (secondary N) is 1. The number of methoxy groups -OCH3 is 1. The molecule has 6 rings (SSSR count). The number of sulfone groups is 1. The summed E-state index contributed by atoms with van der Waals surface area (Å²) >= 11 is 0. The third kappa shape index (κ3) is 5.55. The van der Waals surface area contributed by atoms with Gasteiger partial charge >= 0.3 is 0 Å². The van der Waals surface area contributed by atoms with Gasteiger partial charge in [0.25, 0.3) is 0 Å². The molecular weight excluding hydrogens is 538 g/mol. The van der Waals surface area contributed by atoms with Crippen molar-refractivity contribution in [3.63, 3.8) is 0 Å². The minimum Gasteiger partial charge on any atom is -0.494 e. The van der Waals surface area contributed by atoms with Crippen LogP contribution in [0.2, 0.25) is 0 Å². The Hall–Kier alpha value is -3.84. The van der Waals surface area contributed by atoms with Crippen LogP contribution in [0.3, 0.4) is 0 Å². The number of carbonyl (C=O) groups excluding carboxylic acids is 1. The lowest BCUT2D eigenvalue weighted by atomic mass is 9.75. The van der Waals surface area contributed by atoms with Crippen molar-refractivity contribution in [2.75, 3.05) is 36.6 Å². The van der Waals surface area contributed by atoms with Crippen molar-refractivity contribution in [1.82, 2.24) is 15.1 Å². The van der Waals surface area contributed by atoms with Gasteiger partial charge in [-0.25, -0.2) is 13.1 Å². The van der Waals surface area contributed by atoms with Gasteiger partial charge in [-0.1, -0.05) is 37.1 Å². The average Bonchev–Trinajstić information content (AvgIpc) is 3.63. The number of amides is 1. The highest BCUT2D eigenvalue weighted by atomic mass is 32.2. The zero-order valence-corrected chi connectivity index (χ0v) is 24.1. The molecule has 3 aliphatic rings. The smallest absolute Gasteiger partial charge is 0.225 e. The van der Waals surface area contributed by atoms with E-state index in [9.17, 15) is 18.5 Å². The number of rotatable bonds is 7. The number of anilines is 1. The Morgan fingerprint density at radius 3 is 2.46 bits per heavy atom. The van der Waals surface area contributed by atoms with Gasteiger partial charge in [-0.15, -0.1) is 0 Å². The zero-order chi connectivity index (χ0) is 28.6. The summed E-state index contributed by atoms with van der Waals surface area (Å²) in [5.74, 6) is 0.638. The molecule has 10 heteroatoms. The van der Waals surface area contributed by atoms with E-state index in [1.165, 1.54) is 0 Å². The first-order chi connectivity index (χ1) is 19.8. The van der Waals surface area contributed by atoms with Gasteiger partial charge in [0.1, 0.15) is 17.0 Å². The second kappa shape index (κ2) is 10.9. The summed E-state index contributed by atoms with van der Waals surface area (Å²) in [6.45, 7) is 0.976. The summed E-state index contributed by atoms with van der Waals surface area (Å²) in [5.41, 5.74) is 3.90. The SMILES string of the molecule is COc1ccccc1-n1cc(-c2ccc(N3CCS(=O)(=O)CC3)cc2)c([C@@H]2CCCC[C@H]2C(=O)NC2(C#N)CC2)n1. The van der Waals surface area contributed by atoms with Crippen LogP contribution in [0.5, 0.6) is 5.75 Å². The standard InChI is InChI=1S/C31H35N5O4S/c1-40-28-9-5-4-8-27(28)36-20-26(22-10-12-23(13-11-22)35-16-18-41(38,39)19-17-35)29(34-36)24-6-2-3-7-25(24)30(37)33-31(21-32)14-15-31/h4-5,8-13,20,24-25H,2-3,6-7,14-19H2,1H3,(H,33,37)/t24-,25-/m1/s1. The van der Waals surface area contributed by atoms with Gasteiger partial charge in [0.2, 0.25) is 5.91 Å². The molecule has 1 aromatic heterocycles. The molecule has 3 fully saturated rings. The monoisotopic (exact) mass is 573 g/mol. The van der Waals surface area contributed by atoms with Crippen LogP contribution in [-0.2, 0) is 14.6 Å². The summed E-state index contributed by atoms with van der Waals surface area (Å²) in [5, 5.41) is 17.7. The fraction of sp³-hybridized carbons (Fsp3) is 0.452. The lowest BCUT2D eigenvalue weighted by Gasteiger charge is -2.31. The number of para-hydroxylation sites is 2. The van der Waals surface area contributed by atoms with Gasteiger partial charge in [0.15, 0.2) is 9.84 Å². The fourth-order valence-corrected chi connectivity index (χ4v) is 7.34. The molecule has 2 aromatic carbocycles. The molecule has 214 valence electrons. The molecule has 0 radical (unpaired) electrons. The zero-order valence-electron chi connectivity index (χ0n) is 23.3. The minimum absolute atomic E-state index is 0.0538. The Labute approximate surface area is 241 Å². The van der Waals surface area contributed by atoms with Crippen LogP contribution in [0, 0.1) is 17.2 Å². The Balaban J connectivity index is 1.37. The molecule has 1 saturated heterocycles. The Morgan fingerprint density at radius 2 is 1.78 bits per heavy atom. The quantitative estimate of drug-likeness (QED) is 0.450. The van der Waals surface area contributed by atoms with Crippen molar-refractivity contribution in [3.05, 3.63) is 60.4 Å². The summed E-state index contributed by atoms with van der Waals surface area (Å²) in [6.07, 6.45) is 7.00. The van der Waals surface area contributed by atoms with E-state index >= 15 is 0 Å². The third-order valence-electron chi connectivity index (χ3n) is 8.74. The summed E-state index contributed by atoms with van der Waals surface area (Å²) < 4.78 is 31.3. The first kappa shape index (κ1) is 27.3. The number of nitrogens with zero attached hydrogens (tertiary/aromatic N) is 4. The van der Waals surface area contributed by atoms with Gasteiger partial charge < -0.3 is 15.0 Å². The van der Waals surface area contributed by atoms with Crippen molar-refractivity contribution >= 4 is 21.4 Å². The van der Waals surface area contributed by atoms with E-state index in [0.717, 1.165) is 53.9 Å². The fourth-order valence-electron chi connectivity index (χ4n) is 6.14. The number of ether oxygens (including phenoxy) is 1. The molecule has 1 amide bonds. The largest absolute Gasteiger partial charge is 0.494 e. The van der Waals surface area contributed by atoms with E-state index in [1.807, 2.05) is 47.3 Å². The predicted octanol–water partition coefficient (Wildman–Crippen LogP) is 4.23. The van der Waals surface area contributed by atoms with Crippen LogP contribution in [0.4, 0.5) is 5.69 Å². The topological polar surface area (TPSA) is 117 Å². The highest BCUT2D eigenvalue weighted by molar-refractivity contribution is 7.91. The van der Waals surface area contributed by atoms with Crippen LogP contribution in [-0.4, -0.2) is 61.3 Å². The van der Waals surface area contributed by atoms with Gasteiger partial charge in [0.05, 0.1) is 30.4 Å². The molecule has 2 aliphatic carbocycles. The molecule has 0 bridgehead atoms. The predicted molar refractivity (Wildman–Crippen MR) is 157 cm³/mol. The number of benzene rings is 2. The van der Waals surface area contributed by atoms with Gasteiger partial charge in [-0.3, -0.25) is 4.79 Å². The van der Waals surface area contributed by atoms with Crippen LogP contribution >= 0.6 is 0 Å². The van der Waals surface area contributed by atoms with E-state index in [-0.39, 0.29) is 29.2 Å². The number of aromatic nitrogens is 2. The summed E-state index contributed by atoms with van der Waals surface area (Å²) in [4.78, 5) is 15.6. The Bertz CT molecular complexity index is 1570. The van der Waals surface area contributed by atoms with Crippen molar-refractivity contribution < 1.29 is 17.9 Å². The number of hydrogen-bond donors (Lipinski definition) is 1. The molecule has 2 heterocycles. The Kier molecular flexibility index (Phi) is 7.24. The average molecular weight is 574 g/mol. The number of nitriles is 1. The molecule has 1 N–H and O–H groups in total. The number of carbonyl (C=O) groups is 1. The molecule has 0 spiro atoms. The third-order valence-corrected chi connectivity index (χ3v) is 10.4. The molecule has 9 nitrogen and oxygen atoms in total. The highest BCUT2D eigenvalue weighted by Gasteiger charge is 2.47. The molecule has 2 atom stereocenters. The molecule has 1 aliphatic heterocycles. The van der Waals surface area contributed by atoms with Crippen LogP contribution in [0.1, 0.15) is 50.1 Å². The van der Waals surface area contributed by atoms with Crippen molar-refractivity contribution in [3.8, 4) is 28.6 Å². The normalized spacial score (nSPS) is 22.9. The van der Waals surface area contributed by atoms with Crippen LogP contribution < -0.4 is 15.0 Å². The number of hydrogen-bond acceptors (Lipinski definition) is 7. The maximum atomic E-state index is 13.5. The molecular formula is C31H35N5O4S. The summed E-state index contributed by atoms with van der Waals surface area (Å²) in [7, 11) is -1.32. The van der Waals surface area contributed by atoms with Crippen LogP contribution in [0.25, 0.3) is 16.8 Å². The maximum absolute atomic E-state index is 13.5. The van der Waals surface area contributed by atoms with E-state index < -0.39 is 15.4 Å². The van der Waals surface area contributed by atoms with Gasteiger partial charge in [-0.05, 0) is 55.5 Å². The van der Waals surface area contributed by atoms with E-state index in [1.54, 1.807) is 7.11 Å². The van der Waals surface area contributed by atoms with Crippen molar-refractivity contribution in [1.29, 1.82) is 5.26 Å². The van der Waals surface area contributed by atoms with E-state index in [0.29, 0.717) is 31.7 Å². The van der Waals surface area contributed by atoms with Gasteiger partial charge in [-0.2, -0.15) is 10.4 Å². The Morgan fingerprint density at radius 1 is 1.07 bits per heavy atom. The lowest BCUT2D eigenvalue weighted by Crippen LogP contribution is -2.42. The molecule has 3 aromatic rings. The second-order valence-corrected chi connectivity index (χ2v) is 13.7. The summed E-state index contributed by atoms with van der Waals surface area (Å²) in [6, 6.07) is 18.2. The molecule has 41 heavy (non-hydrogen) atoms. The highest BCUT2D eigenvalue weighted by Crippen LogP contribution is 2.43. The van der Waals surface area contributed by atoms with E-state index in [2.05, 4.69) is 28.4 Å². The lowest BCUT2D eigenvalue weighted by molar-refractivity contribution is -0.127. The first-order valence-electron chi connectivity index (χ1n) is 14.3. The van der Waals surface area contributed by atoms with Crippen LogP contribution in [0.15, 0.2) is 54.7 Å². The van der Waals surface area contributed by atoms with E-state index in [4.69, 9.17) is 9.84 Å².